The first-order chi connectivity index (χ1) is 15.7. The molecule has 2 aromatic heterocycles. The van der Waals surface area contributed by atoms with Crippen molar-refractivity contribution in [2.75, 3.05) is 0 Å². The van der Waals surface area contributed by atoms with Crippen molar-refractivity contribution in [3.05, 3.63) is 71.8 Å². The van der Waals surface area contributed by atoms with Crippen LogP contribution < -0.4 is 0 Å². The summed E-state index contributed by atoms with van der Waals surface area (Å²) in [6.45, 7) is 17.7. The third kappa shape index (κ3) is 8.98. The van der Waals surface area contributed by atoms with Gasteiger partial charge in [0.15, 0.2) is 5.78 Å². The second-order valence-corrected chi connectivity index (χ2v) is 11.0. The van der Waals surface area contributed by atoms with E-state index in [1.165, 1.54) is 11.6 Å². The molecule has 0 spiro atoms. The first-order valence-electron chi connectivity index (χ1n) is 11.9. The van der Waals surface area contributed by atoms with Crippen LogP contribution in [0.4, 0.5) is 0 Å². The Morgan fingerprint density at radius 2 is 1.74 bits per heavy atom. The van der Waals surface area contributed by atoms with Crippen molar-refractivity contribution in [1.29, 1.82) is 0 Å². The van der Waals surface area contributed by atoms with Crippen molar-refractivity contribution >= 4 is 16.7 Å². The summed E-state index contributed by atoms with van der Waals surface area (Å²) in [7, 11) is 0. The van der Waals surface area contributed by atoms with Gasteiger partial charge in [-0.3, -0.25) is 9.78 Å². The largest absolute Gasteiger partial charge is 0.512 e. The number of aromatic nitrogens is 2. The SMILES string of the molecule is CC(C)(C)C(=O)/C=C(\O)C(C)(C)C.CCC(C)c1cc(C)[c-]c(-c2cc3ncccc3cn2)c1.[Ir]. The van der Waals surface area contributed by atoms with E-state index in [9.17, 15) is 9.90 Å². The maximum atomic E-state index is 11.5. The zero-order valence-corrected chi connectivity index (χ0v) is 24.9. The number of fused-ring (bicyclic) bond motifs is 1. The quantitative estimate of drug-likeness (QED) is 0.176. The fourth-order valence-electron chi connectivity index (χ4n) is 3.07. The van der Waals surface area contributed by atoms with Gasteiger partial charge in [0, 0.05) is 54.8 Å². The number of nitrogens with zero attached hydrogens (tertiary/aromatic N) is 2. The Hall–Kier alpha value is -2.36. The van der Waals surface area contributed by atoms with Crippen LogP contribution in [0.15, 0.2) is 54.6 Å². The number of ketones is 1. The summed E-state index contributed by atoms with van der Waals surface area (Å²) in [4.78, 5) is 20.5. The molecule has 0 aliphatic carbocycles. The summed E-state index contributed by atoms with van der Waals surface area (Å²) in [6, 6.07) is 13.9. The predicted octanol–water partition coefficient (Wildman–Crippen LogP) is 8.01. The fourth-order valence-corrected chi connectivity index (χ4v) is 3.07. The number of hydrogen-bond acceptors (Lipinski definition) is 4. The molecular formula is C30H39IrN2O2-. The Balaban J connectivity index is 0.000000383. The minimum Gasteiger partial charge on any atom is -0.512 e. The maximum Gasteiger partial charge on any atom is 0.164 e. The van der Waals surface area contributed by atoms with E-state index in [-0.39, 0.29) is 37.1 Å². The van der Waals surface area contributed by atoms with Crippen LogP contribution in [0, 0.1) is 23.8 Å². The summed E-state index contributed by atoms with van der Waals surface area (Å²) in [6.07, 6.45) is 6.17. The van der Waals surface area contributed by atoms with Crippen LogP contribution in [0.5, 0.6) is 0 Å². The molecule has 0 fully saturated rings. The Bertz CT molecular complexity index is 1170. The molecule has 0 amide bonds. The van der Waals surface area contributed by atoms with E-state index in [1.807, 2.05) is 72.1 Å². The zero-order chi connectivity index (χ0) is 25.7. The van der Waals surface area contributed by atoms with Crippen LogP contribution in [0.25, 0.3) is 22.2 Å². The molecule has 35 heavy (non-hydrogen) atoms. The van der Waals surface area contributed by atoms with Crippen molar-refractivity contribution in [3.63, 3.8) is 0 Å². The van der Waals surface area contributed by atoms with Crippen LogP contribution in [0.1, 0.15) is 78.9 Å². The van der Waals surface area contributed by atoms with Gasteiger partial charge in [-0.1, -0.05) is 74.8 Å². The van der Waals surface area contributed by atoms with E-state index in [2.05, 4.69) is 48.9 Å². The standard InChI is InChI=1S/C19H19N2.C11H20O2.Ir/c1-4-14(3)16-8-13(2)9-17(10-16)19-11-18-15(12-21-19)6-5-7-20-18;1-10(2,3)8(12)7-9(13)11(4,5)6;/h5-8,10-12,14H,4H2,1-3H3;7,12H,1-6H3;/q-1;;/b;8-7-;. The van der Waals surface area contributed by atoms with Gasteiger partial charge >= 0.3 is 0 Å². The average molecular weight is 652 g/mol. The summed E-state index contributed by atoms with van der Waals surface area (Å²) >= 11 is 0. The van der Waals surface area contributed by atoms with Gasteiger partial charge in [0.25, 0.3) is 0 Å². The molecule has 3 rings (SSSR count). The molecule has 1 N–H and O–H groups in total. The van der Waals surface area contributed by atoms with E-state index in [0.717, 1.165) is 34.1 Å². The smallest absolute Gasteiger partial charge is 0.164 e. The third-order valence-corrected chi connectivity index (χ3v) is 5.75. The molecule has 191 valence electrons. The van der Waals surface area contributed by atoms with E-state index in [0.29, 0.717) is 5.92 Å². The average Bonchev–Trinajstić information content (AvgIpc) is 2.76. The van der Waals surface area contributed by atoms with Crippen molar-refractivity contribution in [2.24, 2.45) is 10.8 Å². The van der Waals surface area contributed by atoms with Crippen molar-refractivity contribution < 1.29 is 30.0 Å². The van der Waals surface area contributed by atoms with Gasteiger partial charge in [-0.2, -0.15) is 0 Å². The zero-order valence-electron chi connectivity index (χ0n) is 22.5. The summed E-state index contributed by atoms with van der Waals surface area (Å²) in [5.41, 5.74) is 4.72. The fraction of sp³-hybridized carbons (Fsp3) is 0.433. The number of allylic oxidation sites excluding steroid dienone is 2. The maximum absolute atomic E-state index is 11.5. The number of carbonyl (C=O) groups is 1. The molecule has 1 radical (unpaired) electrons. The molecule has 3 aromatic rings. The Labute approximate surface area is 224 Å². The molecule has 1 atom stereocenters. The van der Waals surface area contributed by atoms with Gasteiger partial charge < -0.3 is 10.1 Å². The molecular weight excluding hydrogens is 613 g/mol. The molecule has 0 saturated heterocycles. The summed E-state index contributed by atoms with van der Waals surface area (Å²) in [5, 5.41) is 10.6. The Morgan fingerprint density at radius 1 is 1.09 bits per heavy atom. The molecule has 5 heteroatoms. The van der Waals surface area contributed by atoms with Crippen LogP contribution in [-0.4, -0.2) is 20.9 Å². The molecule has 0 aliphatic heterocycles. The van der Waals surface area contributed by atoms with E-state index in [4.69, 9.17) is 0 Å². The molecule has 2 heterocycles. The molecule has 0 aliphatic rings. The normalized spacial score (nSPS) is 12.9. The molecule has 1 aromatic carbocycles. The minimum atomic E-state index is -0.417. The third-order valence-electron chi connectivity index (χ3n) is 5.75. The number of aliphatic hydroxyl groups excluding tert-OH is 1. The van der Waals surface area contributed by atoms with Gasteiger partial charge in [0.05, 0.1) is 5.52 Å². The van der Waals surface area contributed by atoms with E-state index < -0.39 is 5.41 Å². The summed E-state index contributed by atoms with van der Waals surface area (Å²) < 4.78 is 0. The first kappa shape index (κ1) is 30.7. The monoisotopic (exact) mass is 652 g/mol. The number of rotatable bonds is 4. The van der Waals surface area contributed by atoms with Crippen molar-refractivity contribution in [3.8, 4) is 11.3 Å². The van der Waals surface area contributed by atoms with Crippen molar-refractivity contribution in [1.82, 2.24) is 9.97 Å². The van der Waals surface area contributed by atoms with Crippen LogP contribution in [-0.2, 0) is 24.9 Å². The number of hydrogen-bond donors (Lipinski definition) is 1. The first-order valence-corrected chi connectivity index (χ1v) is 11.9. The number of aryl methyl sites for hydroxylation is 1. The molecule has 0 saturated carbocycles. The number of aliphatic hydroxyl groups is 1. The van der Waals surface area contributed by atoms with E-state index >= 15 is 0 Å². The van der Waals surface area contributed by atoms with E-state index in [1.54, 1.807) is 0 Å². The topological polar surface area (TPSA) is 63.1 Å². The minimum absolute atomic E-state index is 0. The molecule has 4 nitrogen and oxygen atoms in total. The number of carbonyl (C=O) groups excluding carboxylic acids is 1. The van der Waals surface area contributed by atoms with Gasteiger partial charge in [-0.25, -0.2) is 0 Å². The Kier molecular flexibility index (Phi) is 11.0. The van der Waals surface area contributed by atoms with Gasteiger partial charge in [-0.05, 0) is 23.7 Å². The van der Waals surface area contributed by atoms with Crippen LogP contribution in [0.3, 0.4) is 0 Å². The number of benzene rings is 1. The van der Waals surface area contributed by atoms with Crippen molar-refractivity contribution in [2.45, 2.75) is 74.7 Å². The van der Waals surface area contributed by atoms with Gasteiger partial charge in [0.1, 0.15) is 5.76 Å². The van der Waals surface area contributed by atoms with Crippen LogP contribution >= 0.6 is 0 Å². The second-order valence-electron chi connectivity index (χ2n) is 11.0. The second kappa shape index (κ2) is 12.6. The Morgan fingerprint density at radius 3 is 2.31 bits per heavy atom. The van der Waals surface area contributed by atoms with Gasteiger partial charge in [-0.15, -0.1) is 34.9 Å². The molecule has 0 bridgehead atoms. The predicted molar refractivity (Wildman–Crippen MR) is 142 cm³/mol. The number of pyridine rings is 2. The van der Waals surface area contributed by atoms with Crippen LogP contribution in [0.2, 0.25) is 0 Å². The van der Waals surface area contributed by atoms with Gasteiger partial charge in [0.2, 0.25) is 0 Å². The molecule has 1 unspecified atom stereocenters. The summed E-state index contributed by atoms with van der Waals surface area (Å²) in [5.74, 6) is 0.656.